The fraction of sp³-hybridized carbons (Fsp3) is 0.500. The van der Waals surface area contributed by atoms with E-state index in [1.54, 1.807) is 6.92 Å². The quantitative estimate of drug-likeness (QED) is 0.664. The van der Waals surface area contributed by atoms with Crippen LogP contribution in [0.2, 0.25) is 0 Å². The van der Waals surface area contributed by atoms with E-state index in [2.05, 4.69) is 12.1 Å². The molecule has 80 valence electrons. The van der Waals surface area contributed by atoms with Crippen LogP contribution in [0.15, 0.2) is 24.3 Å². The van der Waals surface area contributed by atoms with E-state index in [1.807, 2.05) is 12.1 Å². The van der Waals surface area contributed by atoms with Crippen LogP contribution in [0.4, 0.5) is 0 Å². The molecule has 0 aromatic heterocycles. The third-order valence-corrected chi connectivity index (χ3v) is 3.37. The maximum atomic E-state index is 11.3. The summed E-state index contributed by atoms with van der Waals surface area (Å²) in [6.07, 6.45) is 6.65. The molecule has 1 aliphatic rings. The molecule has 0 radical (unpaired) electrons. The van der Waals surface area contributed by atoms with E-state index in [0.29, 0.717) is 5.92 Å². The maximum absolute atomic E-state index is 11.3. The molecule has 0 aliphatic heterocycles. The van der Waals surface area contributed by atoms with E-state index in [-0.39, 0.29) is 5.78 Å². The van der Waals surface area contributed by atoms with Crippen molar-refractivity contribution in [2.45, 2.75) is 44.9 Å². The summed E-state index contributed by atoms with van der Waals surface area (Å²) in [7, 11) is 0. The lowest BCUT2D eigenvalue weighted by Gasteiger charge is -2.22. The number of Topliss-reactive ketones (excluding diaryl/α,β-unsaturated/α-hetero) is 1. The molecule has 1 aromatic carbocycles. The van der Waals surface area contributed by atoms with Gasteiger partial charge in [-0.05, 0) is 37.3 Å². The van der Waals surface area contributed by atoms with Gasteiger partial charge in [-0.3, -0.25) is 4.79 Å². The summed E-state index contributed by atoms with van der Waals surface area (Å²) in [5, 5.41) is 0. The second-order valence-electron chi connectivity index (χ2n) is 4.52. The minimum absolute atomic E-state index is 0.174. The highest BCUT2D eigenvalue weighted by Crippen LogP contribution is 2.32. The van der Waals surface area contributed by atoms with Crippen LogP contribution >= 0.6 is 0 Å². The van der Waals surface area contributed by atoms with Gasteiger partial charge in [-0.25, -0.2) is 0 Å². The first-order valence-electron chi connectivity index (χ1n) is 5.88. The molecule has 1 heteroatoms. The molecule has 0 amide bonds. The van der Waals surface area contributed by atoms with Gasteiger partial charge in [0.15, 0.2) is 5.78 Å². The Balaban J connectivity index is 2.19. The van der Waals surface area contributed by atoms with Crippen molar-refractivity contribution in [2.24, 2.45) is 0 Å². The Morgan fingerprint density at radius 1 is 1.20 bits per heavy atom. The molecule has 1 fully saturated rings. The van der Waals surface area contributed by atoms with Crippen molar-refractivity contribution in [3.05, 3.63) is 35.4 Å². The Morgan fingerprint density at radius 3 is 2.60 bits per heavy atom. The summed E-state index contributed by atoms with van der Waals surface area (Å²) < 4.78 is 0. The van der Waals surface area contributed by atoms with Crippen LogP contribution in [0, 0.1) is 0 Å². The molecule has 1 aliphatic carbocycles. The molecule has 0 bridgehead atoms. The second kappa shape index (κ2) is 4.61. The van der Waals surface area contributed by atoms with Crippen LogP contribution in [0.5, 0.6) is 0 Å². The number of ketones is 1. The summed E-state index contributed by atoms with van der Waals surface area (Å²) in [5.74, 6) is 0.866. The van der Waals surface area contributed by atoms with Crippen LogP contribution in [-0.4, -0.2) is 5.78 Å². The molecule has 1 aromatic rings. The predicted molar refractivity (Wildman–Crippen MR) is 62.3 cm³/mol. The molecule has 0 saturated heterocycles. The van der Waals surface area contributed by atoms with Crippen LogP contribution in [0.3, 0.4) is 0 Å². The van der Waals surface area contributed by atoms with Crippen molar-refractivity contribution in [3.8, 4) is 0 Å². The Labute approximate surface area is 91.5 Å². The van der Waals surface area contributed by atoms with Gasteiger partial charge in [-0.15, -0.1) is 0 Å². The van der Waals surface area contributed by atoms with Crippen molar-refractivity contribution in [1.82, 2.24) is 0 Å². The molecule has 15 heavy (non-hydrogen) atoms. The van der Waals surface area contributed by atoms with Gasteiger partial charge in [-0.2, -0.15) is 0 Å². The molecule has 0 heterocycles. The Morgan fingerprint density at radius 2 is 1.93 bits per heavy atom. The Hall–Kier alpha value is -1.11. The van der Waals surface area contributed by atoms with Crippen molar-refractivity contribution < 1.29 is 4.79 Å². The van der Waals surface area contributed by atoms with E-state index >= 15 is 0 Å². The molecule has 1 saturated carbocycles. The van der Waals surface area contributed by atoms with E-state index in [4.69, 9.17) is 0 Å². The van der Waals surface area contributed by atoms with E-state index in [0.717, 1.165) is 5.56 Å². The summed E-state index contributed by atoms with van der Waals surface area (Å²) in [6.45, 7) is 1.64. The monoisotopic (exact) mass is 202 g/mol. The summed E-state index contributed by atoms with van der Waals surface area (Å²) in [6, 6.07) is 8.18. The zero-order valence-corrected chi connectivity index (χ0v) is 9.33. The van der Waals surface area contributed by atoms with Gasteiger partial charge in [-0.1, -0.05) is 37.5 Å². The first-order chi connectivity index (χ1) is 7.27. The molecular weight excluding hydrogens is 184 g/mol. The summed E-state index contributed by atoms with van der Waals surface area (Å²) in [5.41, 5.74) is 2.22. The van der Waals surface area contributed by atoms with Crippen molar-refractivity contribution >= 4 is 5.78 Å². The minimum Gasteiger partial charge on any atom is -0.295 e. The lowest BCUT2D eigenvalue weighted by molar-refractivity contribution is 0.101. The van der Waals surface area contributed by atoms with Crippen molar-refractivity contribution in [3.63, 3.8) is 0 Å². The average Bonchev–Trinajstić information content (AvgIpc) is 2.30. The summed E-state index contributed by atoms with van der Waals surface area (Å²) >= 11 is 0. The van der Waals surface area contributed by atoms with E-state index in [1.165, 1.54) is 37.7 Å². The Kier molecular flexibility index (Phi) is 3.20. The number of rotatable bonds is 2. The largest absolute Gasteiger partial charge is 0.295 e. The SMILES string of the molecule is CC(=O)c1cccc(C2CCCCC2)c1. The van der Waals surface area contributed by atoms with Gasteiger partial charge >= 0.3 is 0 Å². The van der Waals surface area contributed by atoms with Crippen LogP contribution in [-0.2, 0) is 0 Å². The Bertz CT molecular complexity index is 348. The topological polar surface area (TPSA) is 17.1 Å². The van der Waals surface area contributed by atoms with Gasteiger partial charge in [0.1, 0.15) is 0 Å². The maximum Gasteiger partial charge on any atom is 0.159 e. The number of carbonyl (C=O) groups is 1. The first-order valence-corrected chi connectivity index (χ1v) is 5.88. The van der Waals surface area contributed by atoms with Crippen LogP contribution in [0.25, 0.3) is 0 Å². The zero-order chi connectivity index (χ0) is 10.7. The van der Waals surface area contributed by atoms with Gasteiger partial charge < -0.3 is 0 Å². The average molecular weight is 202 g/mol. The standard InChI is InChI=1S/C14H18O/c1-11(15)13-8-5-9-14(10-13)12-6-3-2-4-7-12/h5,8-10,12H,2-4,6-7H2,1H3. The number of benzene rings is 1. The van der Waals surface area contributed by atoms with Crippen LogP contribution < -0.4 is 0 Å². The highest BCUT2D eigenvalue weighted by molar-refractivity contribution is 5.94. The molecule has 0 unspecified atom stereocenters. The molecule has 1 nitrogen and oxygen atoms in total. The molecular formula is C14H18O. The van der Waals surface area contributed by atoms with Gasteiger partial charge in [0.05, 0.1) is 0 Å². The van der Waals surface area contributed by atoms with Gasteiger partial charge in [0, 0.05) is 5.56 Å². The molecule has 2 rings (SSSR count). The summed E-state index contributed by atoms with van der Waals surface area (Å²) in [4.78, 5) is 11.3. The molecule has 0 spiro atoms. The minimum atomic E-state index is 0.174. The van der Waals surface area contributed by atoms with E-state index < -0.39 is 0 Å². The predicted octanol–water partition coefficient (Wildman–Crippen LogP) is 3.94. The smallest absolute Gasteiger partial charge is 0.159 e. The number of hydrogen-bond acceptors (Lipinski definition) is 1. The first kappa shape index (κ1) is 10.4. The van der Waals surface area contributed by atoms with E-state index in [9.17, 15) is 4.79 Å². The lowest BCUT2D eigenvalue weighted by atomic mass is 9.83. The molecule has 0 atom stereocenters. The third-order valence-electron chi connectivity index (χ3n) is 3.37. The fourth-order valence-corrected chi connectivity index (χ4v) is 2.45. The number of carbonyl (C=O) groups excluding carboxylic acids is 1. The van der Waals surface area contributed by atoms with Crippen LogP contribution in [0.1, 0.15) is 60.9 Å². The van der Waals surface area contributed by atoms with Gasteiger partial charge in [0.2, 0.25) is 0 Å². The highest BCUT2D eigenvalue weighted by atomic mass is 16.1. The third kappa shape index (κ3) is 2.47. The highest BCUT2D eigenvalue weighted by Gasteiger charge is 2.15. The number of hydrogen-bond donors (Lipinski definition) is 0. The molecule has 0 N–H and O–H groups in total. The van der Waals surface area contributed by atoms with Gasteiger partial charge in [0.25, 0.3) is 0 Å². The normalized spacial score (nSPS) is 17.7. The lowest BCUT2D eigenvalue weighted by Crippen LogP contribution is -2.05. The fourth-order valence-electron chi connectivity index (χ4n) is 2.45. The van der Waals surface area contributed by atoms with Crippen molar-refractivity contribution in [2.75, 3.05) is 0 Å². The van der Waals surface area contributed by atoms with Crippen molar-refractivity contribution in [1.29, 1.82) is 0 Å². The zero-order valence-electron chi connectivity index (χ0n) is 9.33. The second-order valence-corrected chi connectivity index (χ2v) is 4.52.